The summed E-state index contributed by atoms with van der Waals surface area (Å²) in [5, 5.41) is 9.17. The largest absolute Gasteiger partial charge is 0.399 e. The highest BCUT2D eigenvalue weighted by Crippen LogP contribution is 2.12. The maximum Gasteiger partial charge on any atom is 0.218 e. The van der Waals surface area contributed by atoms with Crippen molar-refractivity contribution in [3.8, 4) is 0 Å². The van der Waals surface area contributed by atoms with Gasteiger partial charge < -0.3 is 10.8 Å². The molecule has 5 nitrogen and oxygen atoms in total. The smallest absolute Gasteiger partial charge is 0.218 e. The van der Waals surface area contributed by atoms with Gasteiger partial charge in [0, 0.05) is 19.3 Å². The molecule has 0 heterocycles. The number of anilines is 1. The van der Waals surface area contributed by atoms with Crippen LogP contribution in [0.1, 0.15) is 12.5 Å². The highest BCUT2D eigenvalue weighted by molar-refractivity contribution is 7.88. The predicted octanol–water partition coefficient (Wildman–Crippen LogP) is 0.411. The molecule has 1 atom stereocenters. The first-order valence-electron chi connectivity index (χ1n) is 5.28. The van der Waals surface area contributed by atoms with Crippen LogP contribution in [-0.2, 0) is 15.8 Å². The summed E-state index contributed by atoms with van der Waals surface area (Å²) < 4.78 is 25.0. The number of nitrogens with two attached hydrogens (primary N) is 1. The van der Waals surface area contributed by atoms with Gasteiger partial charge in [-0.2, -0.15) is 0 Å². The number of nitrogen functional groups attached to an aromatic ring is 1. The van der Waals surface area contributed by atoms with E-state index in [9.17, 15) is 13.5 Å². The van der Waals surface area contributed by atoms with Crippen molar-refractivity contribution in [1.29, 1.82) is 0 Å². The number of likely N-dealkylation sites (N-methyl/N-ethyl adjacent to an activating group) is 1. The van der Waals surface area contributed by atoms with Gasteiger partial charge in [-0.3, -0.25) is 0 Å². The summed E-state index contributed by atoms with van der Waals surface area (Å²) in [6.07, 6.45) is -0.685. The molecule has 0 amide bonds. The van der Waals surface area contributed by atoms with Crippen molar-refractivity contribution in [3.63, 3.8) is 0 Å². The van der Waals surface area contributed by atoms with E-state index in [2.05, 4.69) is 0 Å². The van der Waals surface area contributed by atoms with Gasteiger partial charge in [0.05, 0.1) is 11.9 Å². The summed E-state index contributed by atoms with van der Waals surface area (Å²) in [7, 11) is -1.95. The number of aliphatic hydroxyl groups excluding tert-OH is 1. The Morgan fingerprint density at radius 1 is 1.47 bits per heavy atom. The third-order valence-corrected chi connectivity index (χ3v) is 4.09. The van der Waals surface area contributed by atoms with E-state index in [0.29, 0.717) is 11.3 Å². The van der Waals surface area contributed by atoms with Gasteiger partial charge in [-0.25, -0.2) is 12.7 Å². The van der Waals surface area contributed by atoms with Crippen LogP contribution in [0.5, 0.6) is 0 Å². The predicted molar refractivity (Wildman–Crippen MR) is 67.8 cm³/mol. The minimum atomic E-state index is -3.41. The fourth-order valence-electron chi connectivity index (χ4n) is 1.49. The molecule has 1 unspecified atom stereocenters. The lowest BCUT2D eigenvalue weighted by atomic mass is 10.2. The van der Waals surface area contributed by atoms with Gasteiger partial charge in [-0.15, -0.1) is 0 Å². The van der Waals surface area contributed by atoms with E-state index in [0.717, 1.165) is 4.31 Å². The van der Waals surface area contributed by atoms with Crippen LogP contribution in [0.25, 0.3) is 0 Å². The Morgan fingerprint density at radius 2 is 2.12 bits per heavy atom. The topological polar surface area (TPSA) is 83.6 Å². The Morgan fingerprint density at radius 3 is 2.65 bits per heavy atom. The Hall–Kier alpha value is -1.11. The van der Waals surface area contributed by atoms with Crippen LogP contribution in [0.4, 0.5) is 5.69 Å². The van der Waals surface area contributed by atoms with Crippen molar-refractivity contribution >= 4 is 15.7 Å². The first-order valence-corrected chi connectivity index (χ1v) is 6.88. The monoisotopic (exact) mass is 258 g/mol. The molecule has 0 saturated heterocycles. The maximum absolute atomic E-state index is 11.9. The van der Waals surface area contributed by atoms with Gasteiger partial charge in [0.25, 0.3) is 0 Å². The average molecular weight is 258 g/mol. The fraction of sp³-hybridized carbons (Fsp3) is 0.455. The molecule has 0 saturated carbocycles. The second kappa shape index (κ2) is 5.48. The molecule has 0 aromatic heterocycles. The molecule has 0 bridgehead atoms. The highest BCUT2D eigenvalue weighted by Gasteiger charge is 2.19. The molecule has 1 rings (SSSR count). The molecule has 0 radical (unpaired) electrons. The third-order valence-electron chi connectivity index (χ3n) is 2.30. The first-order chi connectivity index (χ1) is 7.81. The van der Waals surface area contributed by atoms with Gasteiger partial charge in [0.1, 0.15) is 0 Å². The number of aliphatic hydroxyl groups is 1. The van der Waals surface area contributed by atoms with Crippen LogP contribution in [-0.4, -0.2) is 37.5 Å². The van der Waals surface area contributed by atoms with Crippen molar-refractivity contribution in [2.45, 2.75) is 18.8 Å². The second-order valence-corrected chi connectivity index (χ2v) is 6.21. The molecule has 17 heavy (non-hydrogen) atoms. The maximum atomic E-state index is 11.9. The molecule has 0 spiro atoms. The lowest BCUT2D eigenvalue weighted by Gasteiger charge is -2.18. The summed E-state index contributed by atoms with van der Waals surface area (Å²) >= 11 is 0. The van der Waals surface area contributed by atoms with Gasteiger partial charge >= 0.3 is 0 Å². The first kappa shape index (κ1) is 14.0. The van der Waals surface area contributed by atoms with Crippen LogP contribution < -0.4 is 5.73 Å². The van der Waals surface area contributed by atoms with Gasteiger partial charge in [0.15, 0.2) is 0 Å². The average Bonchev–Trinajstić information content (AvgIpc) is 2.15. The van der Waals surface area contributed by atoms with Crippen LogP contribution >= 0.6 is 0 Å². The van der Waals surface area contributed by atoms with E-state index in [1.807, 2.05) is 0 Å². The highest BCUT2D eigenvalue weighted by atomic mass is 32.2. The number of hydrogen-bond donors (Lipinski definition) is 2. The molecule has 96 valence electrons. The molecule has 1 aromatic carbocycles. The quantitative estimate of drug-likeness (QED) is 0.749. The summed E-state index contributed by atoms with van der Waals surface area (Å²) in [6, 6.07) is 6.77. The van der Waals surface area contributed by atoms with Crippen LogP contribution in [0, 0.1) is 0 Å². The summed E-state index contributed by atoms with van der Waals surface area (Å²) in [5.74, 6) is -0.110. The van der Waals surface area contributed by atoms with E-state index in [-0.39, 0.29) is 12.3 Å². The van der Waals surface area contributed by atoms with Crippen molar-refractivity contribution in [3.05, 3.63) is 29.8 Å². The number of hydrogen-bond acceptors (Lipinski definition) is 4. The summed E-state index contributed by atoms with van der Waals surface area (Å²) in [6.45, 7) is 1.64. The molecule has 0 aliphatic rings. The summed E-state index contributed by atoms with van der Waals surface area (Å²) in [5.41, 5.74) is 6.76. The number of sulfonamides is 1. The van der Waals surface area contributed by atoms with Crippen LogP contribution in [0.3, 0.4) is 0 Å². The van der Waals surface area contributed by atoms with E-state index in [1.165, 1.54) is 7.05 Å². The van der Waals surface area contributed by atoms with E-state index in [1.54, 1.807) is 31.2 Å². The van der Waals surface area contributed by atoms with E-state index < -0.39 is 16.1 Å². The third kappa shape index (κ3) is 4.33. The Bertz CT molecular complexity index is 471. The minimum Gasteiger partial charge on any atom is -0.399 e. The Labute approximate surface area is 102 Å². The lowest BCUT2D eigenvalue weighted by Crippen LogP contribution is -2.33. The van der Waals surface area contributed by atoms with Crippen LogP contribution in [0.15, 0.2) is 24.3 Å². The minimum absolute atomic E-state index is 0.0879. The van der Waals surface area contributed by atoms with E-state index >= 15 is 0 Å². The lowest BCUT2D eigenvalue weighted by molar-refractivity contribution is 0.171. The standard InChI is InChI=1S/C11H18N2O3S/c1-9(14)7-13(2)17(15,16)8-10-4-3-5-11(12)6-10/h3-6,9,14H,7-8,12H2,1-2H3. The number of rotatable bonds is 5. The second-order valence-electron chi connectivity index (χ2n) is 4.13. The molecular weight excluding hydrogens is 240 g/mol. The van der Waals surface area contributed by atoms with Gasteiger partial charge in [-0.05, 0) is 24.6 Å². The molecule has 0 aliphatic carbocycles. The zero-order valence-electron chi connectivity index (χ0n) is 10.00. The molecule has 1 aromatic rings. The Balaban J connectivity index is 2.79. The SMILES string of the molecule is CC(O)CN(C)S(=O)(=O)Cc1cccc(N)c1. The number of benzene rings is 1. The molecule has 3 N–H and O–H groups in total. The zero-order valence-corrected chi connectivity index (χ0v) is 10.8. The Kier molecular flexibility index (Phi) is 4.50. The van der Waals surface area contributed by atoms with Gasteiger partial charge in [-0.1, -0.05) is 12.1 Å². The zero-order chi connectivity index (χ0) is 13.1. The molecule has 0 aliphatic heterocycles. The normalized spacial score (nSPS) is 13.9. The van der Waals surface area contributed by atoms with Gasteiger partial charge in [0.2, 0.25) is 10.0 Å². The molecule has 6 heteroatoms. The number of nitrogens with zero attached hydrogens (tertiary/aromatic N) is 1. The summed E-state index contributed by atoms with van der Waals surface area (Å²) in [4.78, 5) is 0. The van der Waals surface area contributed by atoms with Crippen molar-refractivity contribution in [2.24, 2.45) is 0 Å². The van der Waals surface area contributed by atoms with Crippen molar-refractivity contribution in [1.82, 2.24) is 4.31 Å². The van der Waals surface area contributed by atoms with Crippen LogP contribution in [0.2, 0.25) is 0 Å². The molecule has 0 fully saturated rings. The molecular formula is C11H18N2O3S. The van der Waals surface area contributed by atoms with E-state index in [4.69, 9.17) is 5.73 Å². The fourth-order valence-corrected chi connectivity index (χ4v) is 2.75. The van der Waals surface area contributed by atoms with Crippen molar-refractivity contribution in [2.75, 3.05) is 19.3 Å². The van der Waals surface area contributed by atoms with Crippen molar-refractivity contribution < 1.29 is 13.5 Å².